The number of nitrogens with zero attached hydrogens (tertiary/aromatic N) is 4. The Bertz CT molecular complexity index is 2510. The van der Waals surface area contributed by atoms with Crippen LogP contribution < -0.4 is 14.8 Å². The first-order valence-corrected chi connectivity index (χ1v) is 19.0. The fourth-order valence-corrected chi connectivity index (χ4v) is 7.63. The molecule has 6 heterocycles. The summed E-state index contributed by atoms with van der Waals surface area (Å²) in [5.41, 5.74) is 8.41. The predicted octanol–water partition coefficient (Wildman–Crippen LogP) is 6.91. The first-order chi connectivity index (χ1) is 27.4. The number of carbonyl (C=O) groups excluding carboxylic acids is 2. The van der Waals surface area contributed by atoms with Gasteiger partial charge >= 0.3 is 0 Å². The van der Waals surface area contributed by atoms with E-state index in [0.717, 1.165) is 69.7 Å². The average molecular weight is 745 g/mol. The number of aromatic amines is 1. The van der Waals surface area contributed by atoms with Crippen LogP contribution in [0.25, 0.3) is 32.9 Å². The van der Waals surface area contributed by atoms with Crippen molar-refractivity contribution in [3.05, 3.63) is 126 Å². The molecule has 1 saturated heterocycles. The number of nitrogens with one attached hydrogen (secondary N) is 2. The van der Waals surface area contributed by atoms with E-state index < -0.39 is 6.04 Å². The van der Waals surface area contributed by atoms with Gasteiger partial charge in [0.1, 0.15) is 36.3 Å². The van der Waals surface area contributed by atoms with E-state index in [9.17, 15) is 9.59 Å². The Kier molecular flexibility index (Phi) is 9.63. The van der Waals surface area contributed by atoms with Crippen molar-refractivity contribution in [3.63, 3.8) is 0 Å². The van der Waals surface area contributed by atoms with Crippen LogP contribution in [0.5, 0.6) is 11.6 Å². The van der Waals surface area contributed by atoms with Gasteiger partial charge in [-0.1, -0.05) is 36.8 Å². The number of rotatable bonds is 11. The zero-order valence-electron chi connectivity index (χ0n) is 30.8. The van der Waals surface area contributed by atoms with Crippen LogP contribution in [0.15, 0.2) is 104 Å². The lowest BCUT2D eigenvalue weighted by Crippen LogP contribution is -2.49. The van der Waals surface area contributed by atoms with Crippen molar-refractivity contribution >= 4 is 33.6 Å². The van der Waals surface area contributed by atoms with Crippen molar-refractivity contribution in [2.75, 3.05) is 13.2 Å². The molecule has 1 saturated carbocycles. The molecule has 0 spiro atoms. The summed E-state index contributed by atoms with van der Waals surface area (Å²) in [4.78, 5) is 43.9. The number of benzene rings is 2. The molecule has 1 atom stereocenters. The monoisotopic (exact) mass is 744 g/mol. The van der Waals surface area contributed by atoms with Gasteiger partial charge in [-0.2, -0.15) is 0 Å². The van der Waals surface area contributed by atoms with Crippen molar-refractivity contribution in [1.29, 1.82) is 0 Å². The normalized spacial score (nSPS) is 19.0. The molecule has 280 valence electrons. The number of amides is 2. The molecule has 0 radical (unpaired) electrons. The molecule has 1 aliphatic carbocycles. The molecular weight excluding hydrogens is 705 g/mol. The summed E-state index contributed by atoms with van der Waals surface area (Å²) in [6, 6.07) is 21.6. The van der Waals surface area contributed by atoms with Crippen LogP contribution in [0, 0.1) is 11.8 Å². The molecule has 6 aromatic rings. The highest BCUT2D eigenvalue weighted by atomic mass is 16.5. The molecule has 2 N–H and O–H groups in total. The van der Waals surface area contributed by atoms with Crippen LogP contribution in [0.4, 0.5) is 0 Å². The third-order valence-electron chi connectivity index (χ3n) is 10.7. The predicted molar refractivity (Wildman–Crippen MR) is 212 cm³/mol. The molecule has 1 unspecified atom stereocenters. The van der Waals surface area contributed by atoms with Crippen LogP contribution in [0.1, 0.15) is 59.3 Å². The molecular formula is C45H40N6O5. The molecule has 0 bridgehead atoms. The summed E-state index contributed by atoms with van der Waals surface area (Å²) in [6.45, 7) is 5.16. The Morgan fingerprint density at radius 1 is 0.875 bits per heavy atom. The van der Waals surface area contributed by atoms with Crippen LogP contribution in [-0.2, 0) is 22.5 Å². The number of aryl methyl sites for hydroxylation is 1. The molecule has 56 heavy (non-hydrogen) atoms. The van der Waals surface area contributed by atoms with E-state index in [1.807, 2.05) is 54.9 Å². The minimum absolute atomic E-state index is 0.0524. The molecule has 9 rings (SSSR count). The van der Waals surface area contributed by atoms with Gasteiger partial charge < -0.3 is 29.4 Å². The summed E-state index contributed by atoms with van der Waals surface area (Å²) in [5, 5.41) is 5.06. The lowest BCUT2D eigenvalue weighted by molar-refractivity contribution is -0.126. The van der Waals surface area contributed by atoms with Gasteiger partial charge in [0.2, 0.25) is 11.8 Å². The number of fused-ring (bicyclic) bond motifs is 4. The Balaban J connectivity index is 0.672. The minimum atomic E-state index is -0.449. The topological polar surface area (TPSA) is 132 Å². The average Bonchev–Trinajstić information content (AvgIpc) is 3.73. The number of ether oxygens (including phenoxy) is 3. The number of pyridine rings is 3. The third-order valence-corrected chi connectivity index (χ3v) is 10.7. The smallest absolute Gasteiger partial charge is 0.255 e. The van der Waals surface area contributed by atoms with Crippen LogP contribution in [0.3, 0.4) is 0 Å². The van der Waals surface area contributed by atoms with Gasteiger partial charge in [-0.25, -0.2) is 9.97 Å². The fourth-order valence-electron chi connectivity index (χ4n) is 7.63. The lowest BCUT2D eigenvalue weighted by atomic mass is 9.92. The number of hydrogen-bond acceptors (Lipinski definition) is 8. The van der Waals surface area contributed by atoms with Gasteiger partial charge in [0.05, 0.1) is 6.20 Å². The molecule has 11 heteroatoms. The molecule has 2 aliphatic heterocycles. The van der Waals surface area contributed by atoms with Crippen molar-refractivity contribution in [1.82, 2.24) is 30.2 Å². The highest BCUT2D eigenvalue weighted by molar-refractivity contribution is 6.07. The second-order valence-corrected chi connectivity index (χ2v) is 14.6. The quantitative estimate of drug-likeness (QED) is 0.108. The maximum absolute atomic E-state index is 13.0. The number of H-pyrrole nitrogens is 1. The van der Waals surface area contributed by atoms with Crippen LogP contribution >= 0.6 is 0 Å². The number of carbonyl (C=O) groups is 2. The Labute approximate surface area is 324 Å². The summed E-state index contributed by atoms with van der Waals surface area (Å²) in [5.74, 6) is 7.16. The van der Waals surface area contributed by atoms with E-state index in [4.69, 9.17) is 14.2 Å². The second-order valence-electron chi connectivity index (χ2n) is 14.6. The van der Waals surface area contributed by atoms with E-state index in [1.165, 1.54) is 0 Å². The summed E-state index contributed by atoms with van der Waals surface area (Å²) >= 11 is 0. The lowest BCUT2D eigenvalue weighted by Gasteiger charge is -2.34. The van der Waals surface area contributed by atoms with E-state index in [2.05, 4.69) is 67.9 Å². The molecule has 2 amide bonds. The fraction of sp³-hybridized carbons (Fsp3) is 0.267. The first kappa shape index (κ1) is 35.2. The van der Waals surface area contributed by atoms with Gasteiger partial charge in [0.25, 0.3) is 5.91 Å². The van der Waals surface area contributed by atoms with Crippen LogP contribution in [-0.4, -0.2) is 68.1 Å². The van der Waals surface area contributed by atoms with E-state index in [0.29, 0.717) is 61.2 Å². The van der Waals surface area contributed by atoms with Gasteiger partial charge in [0.15, 0.2) is 0 Å². The van der Waals surface area contributed by atoms with Gasteiger partial charge in [-0.15, -0.1) is 0 Å². The molecule has 2 aromatic carbocycles. The molecule has 11 nitrogen and oxygen atoms in total. The Hall–Kier alpha value is -6.51. The highest BCUT2D eigenvalue weighted by Crippen LogP contribution is 2.33. The summed E-state index contributed by atoms with van der Waals surface area (Å²) < 4.78 is 18.0. The van der Waals surface area contributed by atoms with E-state index in [1.54, 1.807) is 17.3 Å². The summed E-state index contributed by atoms with van der Waals surface area (Å²) in [7, 11) is 0. The largest absolute Gasteiger partial charge is 0.489 e. The van der Waals surface area contributed by atoms with Crippen LogP contribution in [0.2, 0.25) is 0 Å². The SMILES string of the molecule is C=C1CCC(N2Cc3cc(CCCOCC#Cc4ccc(OC5CC(Oc6ccc(-c7ccc8c(c7)[nH]c7ccncc78)cn6)C5)cn4)ccc3C2=O)C(=O)N1. The maximum Gasteiger partial charge on any atom is 0.255 e. The molecule has 2 fully saturated rings. The standard InChI is InChI=1S/C45H40N6O5/c1-28-6-14-42(44(52)49-28)51-27-32-20-29(7-12-37(32)45(51)53)4-2-18-54-19-3-5-33-10-11-34(25-47-33)55-35-22-36(23-35)56-43-15-9-31(24-48-43)30-8-13-38-39-26-46-17-16-40(39)50-41(38)21-30/h7-13,15-17,20-21,24-26,35-36,42,50H,1-2,4,6,14,18-19,22-23,27H2,(H,49,52). The number of hydrogen-bond donors (Lipinski definition) is 2. The molecule has 3 aliphatic rings. The van der Waals surface area contributed by atoms with Crippen molar-refractivity contribution < 1.29 is 23.8 Å². The number of aromatic nitrogens is 4. The van der Waals surface area contributed by atoms with Crippen molar-refractivity contribution in [3.8, 4) is 34.6 Å². The highest BCUT2D eigenvalue weighted by Gasteiger charge is 2.38. The zero-order chi connectivity index (χ0) is 38.0. The number of allylic oxidation sites excluding steroid dienone is 1. The van der Waals surface area contributed by atoms with E-state index >= 15 is 0 Å². The minimum Gasteiger partial charge on any atom is -0.489 e. The van der Waals surface area contributed by atoms with E-state index in [-0.39, 0.29) is 24.0 Å². The second kappa shape index (κ2) is 15.3. The third kappa shape index (κ3) is 7.44. The van der Waals surface area contributed by atoms with Gasteiger partial charge in [-0.05, 0) is 84.7 Å². The Morgan fingerprint density at radius 3 is 2.61 bits per heavy atom. The molecule has 4 aromatic heterocycles. The number of piperidine rings is 1. The maximum atomic E-state index is 13.0. The zero-order valence-corrected chi connectivity index (χ0v) is 30.8. The van der Waals surface area contributed by atoms with Crippen molar-refractivity contribution in [2.45, 2.75) is 63.3 Å². The Morgan fingerprint density at radius 2 is 1.77 bits per heavy atom. The van der Waals surface area contributed by atoms with Crippen molar-refractivity contribution in [2.24, 2.45) is 0 Å². The first-order valence-electron chi connectivity index (χ1n) is 19.0. The van der Waals surface area contributed by atoms with Gasteiger partial charge in [0, 0.05) is 89.3 Å². The van der Waals surface area contributed by atoms with Gasteiger partial charge in [-0.3, -0.25) is 14.6 Å². The summed E-state index contributed by atoms with van der Waals surface area (Å²) in [6.07, 6.45) is 11.8.